The molecule has 0 saturated heterocycles. The first-order valence-electron chi connectivity index (χ1n) is 13.3. The predicted octanol–water partition coefficient (Wildman–Crippen LogP) is 6.49. The number of hydrogen-bond acceptors (Lipinski definition) is 2. The number of furan rings is 1. The van der Waals surface area contributed by atoms with Crippen LogP contribution in [0.3, 0.4) is 0 Å². The fraction of sp³-hybridized carbons (Fsp3) is 0.292. The van der Waals surface area contributed by atoms with Gasteiger partial charge in [-0.05, 0) is 40.4 Å². The standard InChI is InChI=1S/C24H27NOSi/c1-24(2,3)16-13-14-25-19(15-16)17-11-12-21(27(4,5)6)22-18-9-7-8-10-20(18)26-23(17)22/h7-15H,1-6H3/i1D3,2D3,3D3. The van der Waals surface area contributed by atoms with Crippen molar-refractivity contribution in [3.05, 3.63) is 60.3 Å². The summed E-state index contributed by atoms with van der Waals surface area (Å²) in [4.78, 5) is 4.38. The molecule has 0 amide bonds. The molecule has 0 N–H and O–H groups in total. The van der Waals surface area contributed by atoms with Crippen LogP contribution in [0.2, 0.25) is 19.6 Å². The van der Waals surface area contributed by atoms with Crippen LogP contribution in [0.15, 0.2) is 59.1 Å². The molecule has 0 spiro atoms. The summed E-state index contributed by atoms with van der Waals surface area (Å²) in [5, 5.41) is 3.04. The van der Waals surface area contributed by atoms with Gasteiger partial charge in [0.2, 0.25) is 0 Å². The van der Waals surface area contributed by atoms with E-state index in [0.717, 1.165) is 10.8 Å². The van der Waals surface area contributed by atoms with Crippen molar-refractivity contribution in [2.45, 2.75) is 45.6 Å². The fourth-order valence-corrected chi connectivity index (χ4v) is 5.05. The molecule has 0 fully saturated rings. The van der Waals surface area contributed by atoms with Crippen molar-refractivity contribution in [3.63, 3.8) is 0 Å². The van der Waals surface area contributed by atoms with E-state index in [-0.39, 0.29) is 11.3 Å². The van der Waals surface area contributed by atoms with Gasteiger partial charge in [0.05, 0.1) is 13.8 Å². The normalized spacial score (nSPS) is 19.1. The Morgan fingerprint density at radius 2 is 1.78 bits per heavy atom. The van der Waals surface area contributed by atoms with E-state index in [0.29, 0.717) is 16.7 Å². The molecule has 0 radical (unpaired) electrons. The highest BCUT2D eigenvalue weighted by Crippen LogP contribution is 2.36. The third-order valence-electron chi connectivity index (χ3n) is 4.80. The van der Waals surface area contributed by atoms with Crippen LogP contribution in [-0.2, 0) is 5.41 Å². The molecular weight excluding hydrogens is 346 g/mol. The predicted molar refractivity (Wildman–Crippen MR) is 119 cm³/mol. The highest BCUT2D eigenvalue weighted by molar-refractivity contribution is 6.90. The minimum absolute atomic E-state index is 0.237. The van der Waals surface area contributed by atoms with Crippen LogP contribution in [0.4, 0.5) is 0 Å². The van der Waals surface area contributed by atoms with E-state index >= 15 is 0 Å². The van der Waals surface area contributed by atoms with Crippen molar-refractivity contribution in [3.8, 4) is 11.3 Å². The van der Waals surface area contributed by atoms with E-state index < -0.39 is 34.0 Å². The summed E-state index contributed by atoms with van der Waals surface area (Å²) in [6, 6.07) is 13.9. The van der Waals surface area contributed by atoms with Gasteiger partial charge in [0.25, 0.3) is 0 Å². The second-order valence-electron chi connectivity index (χ2n) is 7.89. The van der Waals surface area contributed by atoms with E-state index in [4.69, 9.17) is 16.8 Å². The zero-order valence-electron chi connectivity index (χ0n) is 24.6. The molecule has 0 bridgehead atoms. The average Bonchev–Trinajstić information content (AvgIpc) is 3.09. The Hall–Kier alpha value is -2.39. The maximum atomic E-state index is 8.04. The number of hydrogen-bond donors (Lipinski definition) is 0. The minimum Gasteiger partial charge on any atom is -0.455 e. The summed E-state index contributed by atoms with van der Waals surface area (Å²) in [5.74, 6) is 0. The molecule has 2 aromatic carbocycles. The van der Waals surface area contributed by atoms with Crippen LogP contribution in [0.25, 0.3) is 33.2 Å². The van der Waals surface area contributed by atoms with Gasteiger partial charge in [0, 0.05) is 34.9 Å². The third kappa shape index (κ3) is 3.10. The van der Waals surface area contributed by atoms with Crippen molar-refractivity contribution >= 4 is 35.2 Å². The number of nitrogens with zero attached hydrogens (tertiary/aromatic N) is 1. The van der Waals surface area contributed by atoms with Gasteiger partial charge in [-0.2, -0.15) is 0 Å². The monoisotopic (exact) mass is 382 g/mol. The van der Waals surface area contributed by atoms with E-state index in [1.165, 1.54) is 23.5 Å². The number of aromatic nitrogens is 1. The maximum Gasteiger partial charge on any atom is 0.144 e. The number of para-hydroxylation sites is 1. The number of fused-ring (bicyclic) bond motifs is 3. The van der Waals surface area contributed by atoms with E-state index in [1.54, 1.807) is 0 Å². The van der Waals surface area contributed by atoms with Crippen LogP contribution < -0.4 is 5.19 Å². The van der Waals surface area contributed by atoms with Crippen LogP contribution in [0.1, 0.15) is 38.5 Å². The zero-order chi connectivity index (χ0) is 26.9. The Labute approximate surface area is 174 Å². The average molecular weight is 383 g/mol. The number of pyridine rings is 1. The smallest absolute Gasteiger partial charge is 0.144 e. The largest absolute Gasteiger partial charge is 0.455 e. The number of benzene rings is 2. The van der Waals surface area contributed by atoms with Crippen molar-refractivity contribution in [1.29, 1.82) is 0 Å². The summed E-state index contributed by atoms with van der Waals surface area (Å²) < 4.78 is 78.6. The lowest BCUT2D eigenvalue weighted by Crippen LogP contribution is -2.37. The Bertz CT molecular complexity index is 1410. The lowest BCUT2D eigenvalue weighted by molar-refractivity contribution is 0.589. The van der Waals surface area contributed by atoms with E-state index in [9.17, 15) is 0 Å². The molecule has 0 unspecified atom stereocenters. The lowest BCUT2D eigenvalue weighted by Gasteiger charge is -2.20. The highest BCUT2D eigenvalue weighted by Gasteiger charge is 2.25. The quantitative estimate of drug-likeness (QED) is 0.370. The molecule has 0 atom stereocenters. The van der Waals surface area contributed by atoms with Crippen LogP contribution in [-0.4, -0.2) is 13.1 Å². The fourth-order valence-electron chi connectivity index (χ4n) is 3.47. The summed E-state index contributed by atoms with van der Waals surface area (Å²) in [7, 11) is -1.82. The van der Waals surface area contributed by atoms with Crippen LogP contribution in [0.5, 0.6) is 0 Å². The van der Waals surface area contributed by atoms with Crippen LogP contribution in [0, 0.1) is 0 Å². The molecule has 2 heterocycles. The highest BCUT2D eigenvalue weighted by atomic mass is 28.3. The molecule has 0 saturated carbocycles. The lowest BCUT2D eigenvalue weighted by atomic mass is 9.87. The third-order valence-corrected chi connectivity index (χ3v) is 6.84. The molecule has 4 rings (SSSR count). The van der Waals surface area contributed by atoms with Crippen LogP contribution >= 0.6 is 0 Å². The Balaban J connectivity index is 2.08. The van der Waals surface area contributed by atoms with Gasteiger partial charge in [0.15, 0.2) is 0 Å². The summed E-state index contributed by atoms with van der Waals surface area (Å²) in [6.07, 6.45) is 1.25. The molecule has 138 valence electrons. The Morgan fingerprint density at radius 3 is 2.52 bits per heavy atom. The summed E-state index contributed by atoms with van der Waals surface area (Å²) >= 11 is 0. The Kier molecular flexibility index (Phi) is 2.30. The molecular formula is C24H27NOSi. The van der Waals surface area contributed by atoms with E-state index in [2.05, 4.69) is 24.6 Å². The Morgan fingerprint density at radius 1 is 1.00 bits per heavy atom. The molecule has 2 nitrogen and oxygen atoms in total. The molecule has 0 aliphatic heterocycles. The summed E-state index contributed by atoms with van der Waals surface area (Å²) in [6.45, 7) is -3.38. The SMILES string of the molecule is [2H]C([2H])([2H])C(c1ccnc(-c2ccc([Si](C)(C)C)c3c2oc2ccccc23)c1)(C([2H])([2H])[2H])C([2H])([2H])[2H]. The first-order valence-corrected chi connectivity index (χ1v) is 12.3. The minimum atomic E-state index is -3.35. The second-order valence-corrected chi connectivity index (χ2v) is 12.9. The molecule has 0 aliphatic rings. The van der Waals surface area contributed by atoms with Gasteiger partial charge in [-0.3, -0.25) is 4.98 Å². The van der Waals surface area contributed by atoms with Crippen molar-refractivity contribution < 1.29 is 16.8 Å². The molecule has 4 aromatic rings. The molecule has 27 heavy (non-hydrogen) atoms. The van der Waals surface area contributed by atoms with Crippen molar-refractivity contribution in [2.75, 3.05) is 0 Å². The molecule has 2 aromatic heterocycles. The molecule has 0 aliphatic carbocycles. The topological polar surface area (TPSA) is 26.0 Å². The number of rotatable bonds is 2. The zero-order valence-corrected chi connectivity index (χ0v) is 16.6. The first kappa shape index (κ1) is 10.2. The summed E-state index contributed by atoms with van der Waals surface area (Å²) in [5.41, 5.74) is -1.46. The van der Waals surface area contributed by atoms with Gasteiger partial charge in [-0.25, -0.2) is 0 Å². The molecule has 3 heteroatoms. The van der Waals surface area contributed by atoms with E-state index in [1.807, 2.05) is 36.4 Å². The van der Waals surface area contributed by atoms with Gasteiger partial charge < -0.3 is 4.42 Å². The first-order chi connectivity index (χ1) is 16.4. The van der Waals surface area contributed by atoms with Gasteiger partial charge in [0.1, 0.15) is 11.2 Å². The maximum absolute atomic E-state index is 8.04. The second kappa shape index (κ2) is 6.06. The van der Waals surface area contributed by atoms with Crippen molar-refractivity contribution in [2.24, 2.45) is 0 Å². The van der Waals surface area contributed by atoms with Gasteiger partial charge in [-0.15, -0.1) is 0 Å². The van der Waals surface area contributed by atoms with Gasteiger partial charge in [-0.1, -0.05) is 64.5 Å². The van der Waals surface area contributed by atoms with Gasteiger partial charge >= 0.3 is 0 Å². The van der Waals surface area contributed by atoms with Crippen molar-refractivity contribution in [1.82, 2.24) is 4.98 Å².